The van der Waals surface area contributed by atoms with E-state index in [9.17, 15) is 10.1 Å². The molecule has 3 aliphatic rings. The number of guanidine groups is 1. The number of aromatic nitrogens is 2. The van der Waals surface area contributed by atoms with E-state index in [1.807, 2.05) is 6.07 Å². The molecule has 1 aliphatic carbocycles. The van der Waals surface area contributed by atoms with E-state index >= 15 is 0 Å². The van der Waals surface area contributed by atoms with Gasteiger partial charge in [-0.15, -0.1) is 0 Å². The predicted molar refractivity (Wildman–Crippen MR) is 101 cm³/mol. The van der Waals surface area contributed by atoms with E-state index < -0.39 is 11.5 Å². The van der Waals surface area contributed by atoms with Gasteiger partial charge in [0.25, 0.3) is 0 Å². The van der Waals surface area contributed by atoms with Crippen molar-refractivity contribution in [3.63, 3.8) is 0 Å². The fraction of sp³-hybridized carbons (Fsp3) is 0.632. The van der Waals surface area contributed by atoms with Gasteiger partial charge >= 0.3 is 0 Å². The van der Waals surface area contributed by atoms with E-state index in [-0.39, 0.29) is 5.91 Å². The molecule has 2 aliphatic heterocycles. The highest BCUT2D eigenvalue weighted by molar-refractivity contribution is 6.02. The average molecular weight is 367 g/mol. The Morgan fingerprint density at radius 3 is 2.30 bits per heavy atom. The van der Waals surface area contributed by atoms with E-state index in [4.69, 9.17) is 4.99 Å². The summed E-state index contributed by atoms with van der Waals surface area (Å²) >= 11 is 0. The predicted octanol–water partition coefficient (Wildman–Crippen LogP) is 1.32. The van der Waals surface area contributed by atoms with Crippen LogP contribution in [0.15, 0.2) is 23.5 Å². The number of piperazine rings is 1. The summed E-state index contributed by atoms with van der Waals surface area (Å²) in [6.07, 6.45) is 9.50. The lowest BCUT2D eigenvalue weighted by atomic mass is 9.77. The number of hydrogen-bond donors (Lipinski definition) is 1. The number of amides is 1. The molecule has 1 aromatic rings. The zero-order valence-corrected chi connectivity index (χ0v) is 15.5. The molecule has 0 unspecified atom stereocenters. The van der Waals surface area contributed by atoms with Crippen molar-refractivity contribution in [1.29, 1.82) is 5.26 Å². The Bertz CT molecular complexity index is 741. The van der Waals surface area contributed by atoms with Crippen LogP contribution in [0.1, 0.15) is 38.5 Å². The molecule has 0 aromatic carbocycles. The highest BCUT2D eigenvalue weighted by Gasteiger charge is 2.47. The Labute approximate surface area is 159 Å². The topological polar surface area (TPSA) is 97.5 Å². The van der Waals surface area contributed by atoms with Crippen LogP contribution in [0.5, 0.6) is 0 Å². The van der Waals surface area contributed by atoms with Crippen molar-refractivity contribution in [3.05, 3.63) is 18.5 Å². The maximum absolute atomic E-state index is 12.7. The van der Waals surface area contributed by atoms with Gasteiger partial charge in [0, 0.05) is 38.6 Å². The van der Waals surface area contributed by atoms with E-state index in [0.29, 0.717) is 5.96 Å². The van der Waals surface area contributed by atoms with Crippen LogP contribution in [-0.2, 0) is 4.79 Å². The largest absolute Gasteiger partial charge is 0.339 e. The van der Waals surface area contributed by atoms with Crippen molar-refractivity contribution in [2.24, 2.45) is 10.9 Å². The maximum Gasteiger partial charge on any atom is 0.246 e. The molecule has 1 spiro atoms. The van der Waals surface area contributed by atoms with Crippen LogP contribution in [0.4, 0.5) is 5.95 Å². The van der Waals surface area contributed by atoms with Gasteiger partial charge in [0.15, 0.2) is 5.92 Å². The van der Waals surface area contributed by atoms with Gasteiger partial charge in [-0.3, -0.25) is 10.1 Å². The van der Waals surface area contributed by atoms with E-state index in [1.54, 1.807) is 12.4 Å². The first-order chi connectivity index (χ1) is 13.2. The Kier molecular flexibility index (Phi) is 4.92. The van der Waals surface area contributed by atoms with Gasteiger partial charge in [0.2, 0.25) is 17.8 Å². The van der Waals surface area contributed by atoms with Gasteiger partial charge in [0.1, 0.15) is 0 Å². The van der Waals surface area contributed by atoms with Crippen LogP contribution >= 0.6 is 0 Å². The highest BCUT2D eigenvalue weighted by atomic mass is 16.2. The molecule has 4 rings (SSSR count). The van der Waals surface area contributed by atoms with Crippen molar-refractivity contribution in [3.8, 4) is 6.07 Å². The minimum absolute atomic E-state index is 0.196. The molecule has 142 valence electrons. The summed E-state index contributed by atoms with van der Waals surface area (Å²) in [7, 11) is 0. The van der Waals surface area contributed by atoms with Gasteiger partial charge in [-0.25, -0.2) is 15.0 Å². The normalized spacial score (nSPS) is 25.4. The molecule has 1 amide bonds. The fourth-order valence-corrected chi connectivity index (χ4v) is 4.37. The second-order valence-corrected chi connectivity index (χ2v) is 7.53. The van der Waals surface area contributed by atoms with Crippen LogP contribution in [-0.4, -0.2) is 58.5 Å². The molecule has 8 heteroatoms. The third-order valence-electron chi connectivity index (χ3n) is 5.88. The fourth-order valence-electron chi connectivity index (χ4n) is 4.37. The molecule has 1 atom stereocenters. The summed E-state index contributed by atoms with van der Waals surface area (Å²) < 4.78 is 0. The number of anilines is 1. The first kappa shape index (κ1) is 17.7. The Morgan fingerprint density at radius 2 is 1.67 bits per heavy atom. The zero-order chi connectivity index (χ0) is 18.7. The van der Waals surface area contributed by atoms with Crippen LogP contribution in [0.3, 0.4) is 0 Å². The van der Waals surface area contributed by atoms with Crippen molar-refractivity contribution in [2.75, 3.05) is 31.1 Å². The standard InChI is InChI=1S/C19H25N7O/c20-14-15-16(27)23-18(24-19(15)6-3-1-2-4-7-19)26-12-10-25(11-13-26)17-21-8-5-9-22-17/h5,8-9,15H,1-4,6-7,10-13H2,(H,23,24,27)/t15-/m0/s1. The molecule has 27 heavy (non-hydrogen) atoms. The SMILES string of the molecule is N#C[C@H]1C(=O)NC(N2CCN(c3ncccn3)CC2)=NC12CCCCCC2. The van der Waals surface area contributed by atoms with E-state index in [0.717, 1.165) is 70.7 Å². The Hall–Kier alpha value is -2.69. The second kappa shape index (κ2) is 7.51. The lowest BCUT2D eigenvalue weighted by Crippen LogP contribution is -2.60. The summed E-state index contributed by atoms with van der Waals surface area (Å²) in [5.74, 6) is 0.496. The summed E-state index contributed by atoms with van der Waals surface area (Å²) in [5.41, 5.74) is -0.553. The molecule has 1 saturated carbocycles. The third kappa shape index (κ3) is 3.46. The van der Waals surface area contributed by atoms with Crippen LogP contribution in [0.25, 0.3) is 0 Å². The van der Waals surface area contributed by atoms with Crippen LogP contribution in [0.2, 0.25) is 0 Å². The number of nitriles is 1. The summed E-state index contributed by atoms with van der Waals surface area (Å²) in [6.45, 7) is 3.02. The van der Waals surface area contributed by atoms with Crippen molar-refractivity contribution in [1.82, 2.24) is 20.2 Å². The van der Waals surface area contributed by atoms with Crippen molar-refractivity contribution < 1.29 is 4.79 Å². The number of carbonyl (C=O) groups is 1. The molecule has 0 radical (unpaired) electrons. The third-order valence-corrected chi connectivity index (χ3v) is 5.88. The van der Waals surface area contributed by atoms with Gasteiger partial charge in [0.05, 0.1) is 11.6 Å². The lowest BCUT2D eigenvalue weighted by molar-refractivity contribution is -0.124. The number of carbonyl (C=O) groups excluding carboxylic acids is 1. The molecule has 1 N–H and O–H groups in total. The first-order valence-electron chi connectivity index (χ1n) is 9.79. The highest BCUT2D eigenvalue weighted by Crippen LogP contribution is 2.39. The van der Waals surface area contributed by atoms with E-state index in [1.165, 1.54) is 0 Å². The number of hydrogen-bond acceptors (Lipinski definition) is 7. The molecular formula is C19H25N7O. The lowest BCUT2D eigenvalue weighted by Gasteiger charge is -2.42. The molecule has 3 heterocycles. The van der Waals surface area contributed by atoms with Gasteiger partial charge < -0.3 is 9.80 Å². The van der Waals surface area contributed by atoms with Crippen molar-refractivity contribution in [2.45, 2.75) is 44.1 Å². The molecule has 2 fully saturated rings. The quantitative estimate of drug-likeness (QED) is 0.804. The van der Waals surface area contributed by atoms with Crippen molar-refractivity contribution >= 4 is 17.8 Å². The monoisotopic (exact) mass is 367 g/mol. The van der Waals surface area contributed by atoms with Crippen LogP contribution < -0.4 is 10.2 Å². The summed E-state index contributed by atoms with van der Waals surface area (Å²) in [4.78, 5) is 30.6. The summed E-state index contributed by atoms with van der Waals surface area (Å²) in [6, 6.07) is 4.04. The van der Waals surface area contributed by atoms with Gasteiger partial charge in [-0.05, 0) is 18.9 Å². The number of rotatable bonds is 1. The number of nitrogens with zero attached hydrogens (tertiary/aromatic N) is 6. The van der Waals surface area contributed by atoms with Gasteiger partial charge in [-0.2, -0.15) is 5.26 Å². The minimum Gasteiger partial charge on any atom is -0.339 e. The molecule has 1 saturated heterocycles. The zero-order valence-electron chi connectivity index (χ0n) is 15.5. The Morgan fingerprint density at radius 1 is 1.04 bits per heavy atom. The maximum atomic E-state index is 12.7. The van der Waals surface area contributed by atoms with Crippen LogP contribution in [0, 0.1) is 17.2 Å². The minimum atomic E-state index is -0.682. The molecule has 0 bridgehead atoms. The van der Waals surface area contributed by atoms with E-state index in [2.05, 4.69) is 31.2 Å². The molecule has 8 nitrogen and oxygen atoms in total. The smallest absolute Gasteiger partial charge is 0.246 e. The average Bonchev–Trinajstić information content (AvgIpc) is 2.94. The number of aliphatic imine (C=N–C) groups is 1. The number of nitrogens with one attached hydrogen (secondary N) is 1. The molecule has 1 aromatic heterocycles. The summed E-state index contributed by atoms with van der Waals surface area (Å²) in [5, 5.41) is 12.5. The Balaban J connectivity index is 1.52. The molecular weight excluding hydrogens is 342 g/mol. The van der Waals surface area contributed by atoms with Gasteiger partial charge in [-0.1, -0.05) is 25.7 Å². The second-order valence-electron chi connectivity index (χ2n) is 7.53. The first-order valence-corrected chi connectivity index (χ1v) is 9.79.